The van der Waals surface area contributed by atoms with E-state index in [4.69, 9.17) is 35.1 Å². The van der Waals surface area contributed by atoms with Crippen LogP contribution in [0.2, 0.25) is 5.02 Å². The van der Waals surface area contributed by atoms with Crippen LogP contribution in [0.1, 0.15) is 98.8 Å². The molecule has 0 aliphatic heterocycles. The van der Waals surface area contributed by atoms with Gasteiger partial charge in [0.2, 0.25) is 17.6 Å². The van der Waals surface area contributed by atoms with Crippen LogP contribution < -0.4 is 4.74 Å². The number of nitrogens with zero attached hydrogens (tertiary/aromatic N) is 6. The Morgan fingerprint density at radius 3 is 2.49 bits per heavy atom. The van der Waals surface area contributed by atoms with Crippen LogP contribution in [0.3, 0.4) is 0 Å². The Kier molecular flexibility index (Phi) is 6.81. The Morgan fingerprint density at radius 2 is 1.86 bits per heavy atom. The lowest BCUT2D eigenvalue weighted by Gasteiger charge is -2.51. The average molecular weight is 609 g/mol. The number of aromatic carboxylic acids is 1. The van der Waals surface area contributed by atoms with Crippen LogP contribution in [0.15, 0.2) is 27.4 Å². The molecule has 0 amide bonds. The fourth-order valence-electron chi connectivity index (χ4n) is 6.51. The monoisotopic (exact) mass is 608 g/mol. The summed E-state index contributed by atoms with van der Waals surface area (Å²) in [4.78, 5) is 20.5. The molecule has 4 heterocycles. The molecule has 226 valence electrons. The van der Waals surface area contributed by atoms with Gasteiger partial charge >= 0.3 is 5.97 Å². The minimum Gasteiger partial charge on any atom is -0.477 e. The lowest BCUT2D eigenvalue weighted by molar-refractivity contribution is -0.130. The first kappa shape index (κ1) is 28.0. The molecule has 8 rings (SSSR count). The zero-order valence-corrected chi connectivity index (χ0v) is 25.1. The van der Waals surface area contributed by atoms with Gasteiger partial charge in [0.15, 0.2) is 5.69 Å². The fraction of sp³-hybridized carbons (Fsp3) is 0.533. The normalized spacial score (nSPS) is 23.3. The number of rotatable bonds is 10. The second kappa shape index (κ2) is 10.4. The molecule has 4 aliphatic carbocycles. The van der Waals surface area contributed by atoms with Crippen LogP contribution in [0.5, 0.6) is 5.88 Å². The van der Waals surface area contributed by atoms with Gasteiger partial charge in [-0.2, -0.15) is 10.1 Å². The van der Waals surface area contributed by atoms with Gasteiger partial charge in [-0.1, -0.05) is 21.9 Å². The molecule has 4 saturated carbocycles. The predicted octanol–water partition coefficient (Wildman–Crippen LogP) is 6.10. The summed E-state index contributed by atoms with van der Waals surface area (Å²) in [5, 5.41) is 23.0. The molecular formula is C30H33ClN6O6. The number of hydrogen-bond donors (Lipinski definition) is 1. The number of carboxylic acid groups (broad SMARTS) is 1. The van der Waals surface area contributed by atoms with Crippen LogP contribution in [-0.2, 0) is 23.8 Å². The summed E-state index contributed by atoms with van der Waals surface area (Å²) >= 11 is 6.47. The van der Waals surface area contributed by atoms with Crippen molar-refractivity contribution in [2.24, 2.45) is 7.05 Å². The molecule has 0 saturated heterocycles. The summed E-state index contributed by atoms with van der Waals surface area (Å²) < 4.78 is 25.8. The van der Waals surface area contributed by atoms with E-state index in [9.17, 15) is 9.90 Å². The smallest absolute Gasteiger partial charge is 0.354 e. The Morgan fingerprint density at radius 1 is 1.12 bits per heavy atom. The van der Waals surface area contributed by atoms with Crippen LogP contribution in [0, 0.1) is 0 Å². The van der Waals surface area contributed by atoms with Gasteiger partial charge in [-0.25, -0.2) is 9.78 Å². The van der Waals surface area contributed by atoms with E-state index in [0.717, 1.165) is 68.4 Å². The minimum atomic E-state index is -1.15. The molecule has 4 aliphatic rings. The second-order valence-electron chi connectivity index (χ2n) is 12.3. The topological polar surface area (TPSA) is 151 Å². The highest BCUT2D eigenvalue weighted by atomic mass is 35.5. The number of carbonyl (C=O) groups is 1. The first-order valence-corrected chi connectivity index (χ1v) is 15.1. The van der Waals surface area contributed by atoms with Gasteiger partial charge in [0, 0.05) is 24.6 Å². The van der Waals surface area contributed by atoms with Gasteiger partial charge in [0.1, 0.15) is 17.1 Å². The quantitative estimate of drug-likeness (QED) is 0.222. The SMILES string of the molecule is CC(C)Oc1cc(-c2noc(C34CCC(OCc5c(-c6c(Cl)cnn6C)noc5C5CC5)(CC3)CC4)n2)cc(C(=O)O)n1. The standard InChI is InChI=1S/C30H33ClN6O6/c1-16(2)41-22-13-18(12-21(33-22)27(38)39)26-34-28(43-36-26)29-6-9-30(10-7-29,11-8-29)40-15-19-23(24-20(31)14-32-37(24)3)35-42-25(19)17-4-5-17/h12-14,16-17H,4-11,15H2,1-3H3,(H,38,39). The van der Waals surface area contributed by atoms with Gasteiger partial charge in [0.05, 0.1) is 40.5 Å². The van der Waals surface area contributed by atoms with E-state index in [0.29, 0.717) is 40.5 Å². The molecule has 0 atom stereocenters. The lowest BCUT2D eigenvalue weighted by atomic mass is 9.58. The molecule has 1 N–H and O–H groups in total. The van der Waals surface area contributed by atoms with Crippen molar-refractivity contribution >= 4 is 17.6 Å². The first-order valence-electron chi connectivity index (χ1n) is 14.7. The van der Waals surface area contributed by atoms with Crippen molar-refractivity contribution in [1.29, 1.82) is 0 Å². The van der Waals surface area contributed by atoms with Gasteiger partial charge in [-0.15, -0.1) is 0 Å². The second-order valence-corrected chi connectivity index (χ2v) is 12.7. The number of fused-ring (bicyclic) bond motifs is 3. The number of hydrogen-bond acceptors (Lipinski definition) is 10. The number of pyridine rings is 1. The summed E-state index contributed by atoms with van der Waals surface area (Å²) in [6, 6.07) is 3.09. The lowest BCUT2D eigenvalue weighted by Crippen LogP contribution is -2.49. The van der Waals surface area contributed by atoms with E-state index < -0.39 is 5.97 Å². The van der Waals surface area contributed by atoms with Crippen molar-refractivity contribution in [3.63, 3.8) is 0 Å². The molecule has 2 bridgehead atoms. The molecule has 13 heteroatoms. The summed E-state index contributed by atoms with van der Waals surface area (Å²) in [5.41, 5.74) is 2.27. The van der Waals surface area contributed by atoms with Crippen LogP contribution >= 0.6 is 11.6 Å². The molecule has 0 radical (unpaired) electrons. The van der Waals surface area contributed by atoms with Gasteiger partial charge in [0.25, 0.3) is 0 Å². The first-order chi connectivity index (χ1) is 20.7. The highest BCUT2D eigenvalue weighted by Gasteiger charge is 2.53. The maximum atomic E-state index is 11.7. The Bertz CT molecular complexity index is 1640. The molecule has 43 heavy (non-hydrogen) atoms. The number of halogens is 1. The maximum absolute atomic E-state index is 11.7. The highest BCUT2D eigenvalue weighted by molar-refractivity contribution is 6.33. The molecule has 0 aromatic carbocycles. The average Bonchev–Trinajstić information content (AvgIpc) is 3.39. The van der Waals surface area contributed by atoms with Crippen molar-refractivity contribution in [3.05, 3.63) is 46.3 Å². The van der Waals surface area contributed by atoms with E-state index in [1.807, 2.05) is 20.9 Å². The summed E-state index contributed by atoms with van der Waals surface area (Å²) in [6.45, 7) is 4.10. The van der Waals surface area contributed by atoms with Crippen molar-refractivity contribution in [1.82, 2.24) is 30.1 Å². The van der Waals surface area contributed by atoms with E-state index in [-0.39, 0.29) is 28.7 Å². The van der Waals surface area contributed by atoms with Crippen molar-refractivity contribution in [3.8, 4) is 28.7 Å². The number of aryl methyl sites for hydroxylation is 1. The third-order valence-electron chi connectivity index (χ3n) is 9.10. The van der Waals surface area contributed by atoms with Crippen LogP contribution in [0.4, 0.5) is 0 Å². The number of carboxylic acids is 1. The Hall–Kier alpha value is -3.77. The molecular weight excluding hydrogens is 576 g/mol. The van der Waals surface area contributed by atoms with Gasteiger partial charge in [-0.3, -0.25) is 4.68 Å². The molecule has 0 unspecified atom stereocenters. The summed E-state index contributed by atoms with van der Waals surface area (Å²) in [6.07, 6.45) is 8.78. The van der Waals surface area contributed by atoms with Gasteiger partial charge in [-0.05, 0) is 71.3 Å². The van der Waals surface area contributed by atoms with E-state index >= 15 is 0 Å². The minimum absolute atomic E-state index is 0.138. The van der Waals surface area contributed by atoms with E-state index in [1.165, 1.54) is 6.07 Å². The number of ether oxygens (including phenoxy) is 2. The van der Waals surface area contributed by atoms with Crippen molar-refractivity contribution in [2.45, 2.75) is 94.9 Å². The Balaban J connectivity index is 1.08. The van der Waals surface area contributed by atoms with Gasteiger partial charge < -0.3 is 23.6 Å². The molecule has 12 nitrogen and oxygen atoms in total. The summed E-state index contributed by atoms with van der Waals surface area (Å²) in [5.74, 6) is 1.23. The third-order valence-corrected chi connectivity index (χ3v) is 9.38. The molecule has 4 fully saturated rings. The molecule has 4 aromatic heterocycles. The largest absolute Gasteiger partial charge is 0.477 e. The zero-order chi connectivity index (χ0) is 29.9. The van der Waals surface area contributed by atoms with Crippen molar-refractivity contribution in [2.75, 3.05) is 0 Å². The van der Waals surface area contributed by atoms with Crippen LogP contribution in [-0.4, -0.2) is 52.8 Å². The maximum Gasteiger partial charge on any atom is 0.354 e. The van der Waals surface area contributed by atoms with E-state index in [1.54, 1.807) is 16.9 Å². The van der Waals surface area contributed by atoms with Crippen LogP contribution in [0.25, 0.3) is 22.8 Å². The number of aromatic nitrogens is 6. The highest BCUT2D eigenvalue weighted by Crippen LogP contribution is 2.55. The molecule has 0 spiro atoms. The van der Waals surface area contributed by atoms with Crippen molar-refractivity contribution < 1.29 is 28.4 Å². The summed E-state index contributed by atoms with van der Waals surface area (Å²) in [7, 11) is 1.85. The zero-order valence-electron chi connectivity index (χ0n) is 24.3. The predicted molar refractivity (Wildman–Crippen MR) is 153 cm³/mol. The van der Waals surface area contributed by atoms with E-state index in [2.05, 4.69) is 20.4 Å². The molecule has 4 aromatic rings. The third kappa shape index (κ3) is 5.10. The Labute approximate surface area is 252 Å². The fourth-order valence-corrected chi connectivity index (χ4v) is 6.76.